The van der Waals surface area contributed by atoms with Crippen LogP contribution in [0.2, 0.25) is 0 Å². The highest BCUT2D eigenvalue weighted by Gasteiger charge is 2.12. The van der Waals surface area contributed by atoms with Gasteiger partial charge in [0.15, 0.2) is 0 Å². The summed E-state index contributed by atoms with van der Waals surface area (Å²) >= 11 is 1.76. The van der Waals surface area contributed by atoms with Crippen molar-refractivity contribution in [3.8, 4) is 0 Å². The number of anilines is 2. The van der Waals surface area contributed by atoms with Crippen molar-refractivity contribution >= 4 is 33.1 Å². The van der Waals surface area contributed by atoms with E-state index >= 15 is 0 Å². The molecule has 0 amide bonds. The number of ether oxygens (including phenoxy) is 1. The summed E-state index contributed by atoms with van der Waals surface area (Å²) in [5, 5.41) is 5.46. The van der Waals surface area contributed by atoms with E-state index in [0.717, 1.165) is 54.6 Å². The van der Waals surface area contributed by atoms with Gasteiger partial charge in [-0.3, -0.25) is 4.90 Å². The van der Waals surface area contributed by atoms with Gasteiger partial charge in [0.25, 0.3) is 0 Å². The van der Waals surface area contributed by atoms with Gasteiger partial charge in [-0.1, -0.05) is 0 Å². The maximum absolute atomic E-state index is 5.41. The fraction of sp³-hybridized carbons (Fsp3) is 0.312. The molecule has 3 aromatic heterocycles. The highest BCUT2D eigenvalue weighted by Crippen LogP contribution is 2.27. The average Bonchev–Trinajstić information content (AvgIpc) is 3.17. The molecule has 0 atom stereocenters. The van der Waals surface area contributed by atoms with Crippen LogP contribution in [-0.2, 0) is 11.3 Å². The number of nitrogens with one attached hydrogen (secondary N) is 1. The van der Waals surface area contributed by atoms with E-state index in [4.69, 9.17) is 9.15 Å². The van der Waals surface area contributed by atoms with Crippen LogP contribution in [0, 0.1) is 0 Å². The van der Waals surface area contributed by atoms with Gasteiger partial charge in [0, 0.05) is 42.2 Å². The second kappa shape index (κ2) is 6.08. The minimum Gasteiger partial charge on any atom is -0.464 e. The third kappa shape index (κ3) is 2.99. The number of fused-ring (bicyclic) bond motifs is 1. The number of hydrogen-bond donors (Lipinski definition) is 1. The quantitative estimate of drug-likeness (QED) is 0.799. The van der Waals surface area contributed by atoms with Crippen molar-refractivity contribution in [3.05, 3.63) is 41.6 Å². The average molecular weight is 315 g/mol. The van der Waals surface area contributed by atoms with Gasteiger partial charge in [0.2, 0.25) is 0 Å². The number of thiophene rings is 1. The van der Waals surface area contributed by atoms with Crippen molar-refractivity contribution < 1.29 is 9.15 Å². The van der Waals surface area contributed by atoms with Crippen LogP contribution in [0.25, 0.3) is 11.0 Å². The van der Waals surface area contributed by atoms with Crippen LogP contribution >= 0.6 is 11.3 Å². The molecule has 1 saturated heterocycles. The van der Waals surface area contributed by atoms with Crippen molar-refractivity contribution in [2.45, 2.75) is 6.54 Å². The molecule has 0 radical (unpaired) electrons. The first-order valence-electron chi connectivity index (χ1n) is 7.36. The normalized spacial score (nSPS) is 16.2. The van der Waals surface area contributed by atoms with Crippen LogP contribution in [0.1, 0.15) is 4.88 Å². The SMILES string of the molecule is c1cc2cnc(Nc3ccc(CN4CCOCC4)s3)cc2o1. The van der Waals surface area contributed by atoms with Gasteiger partial charge in [-0.2, -0.15) is 0 Å². The van der Waals surface area contributed by atoms with Gasteiger partial charge >= 0.3 is 0 Å². The van der Waals surface area contributed by atoms with Crippen molar-refractivity contribution in [3.63, 3.8) is 0 Å². The molecule has 1 N–H and O–H groups in total. The lowest BCUT2D eigenvalue weighted by molar-refractivity contribution is 0.0346. The molecule has 5 nitrogen and oxygen atoms in total. The van der Waals surface area contributed by atoms with Crippen LogP contribution in [-0.4, -0.2) is 36.2 Å². The van der Waals surface area contributed by atoms with Crippen molar-refractivity contribution in [1.29, 1.82) is 0 Å². The van der Waals surface area contributed by atoms with E-state index < -0.39 is 0 Å². The number of morpholine rings is 1. The first-order chi connectivity index (χ1) is 10.9. The molecule has 4 rings (SSSR count). The third-order valence-corrected chi connectivity index (χ3v) is 4.72. The zero-order valence-electron chi connectivity index (χ0n) is 12.1. The lowest BCUT2D eigenvalue weighted by atomic mass is 10.3. The lowest BCUT2D eigenvalue weighted by Gasteiger charge is -2.25. The number of rotatable bonds is 4. The van der Waals surface area contributed by atoms with E-state index in [0.29, 0.717) is 0 Å². The molecule has 0 aromatic carbocycles. The molecule has 0 unspecified atom stereocenters. The van der Waals surface area contributed by atoms with E-state index in [2.05, 4.69) is 27.3 Å². The predicted octanol–water partition coefficient (Wildman–Crippen LogP) is 3.47. The van der Waals surface area contributed by atoms with Gasteiger partial charge in [-0.05, 0) is 18.2 Å². The largest absolute Gasteiger partial charge is 0.464 e. The summed E-state index contributed by atoms with van der Waals surface area (Å²) in [4.78, 5) is 8.18. The molecular formula is C16H17N3O2S. The molecule has 6 heteroatoms. The molecule has 1 aliphatic rings. The minimum absolute atomic E-state index is 0.808. The van der Waals surface area contributed by atoms with Gasteiger partial charge < -0.3 is 14.5 Å². The first-order valence-corrected chi connectivity index (χ1v) is 8.17. The summed E-state index contributed by atoms with van der Waals surface area (Å²) < 4.78 is 10.8. The molecule has 0 saturated carbocycles. The Labute approximate surface area is 132 Å². The Bertz CT molecular complexity index is 761. The third-order valence-electron chi connectivity index (χ3n) is 3.73. The van der Waals surface area contributed by atoms with Gasteiger partial charge in [-0.15, -0.1) is 11.3 Å². The molecule has 4 heterocycles. The Morgan fingerprint density at radius 3 is 3.05 bits per heavy atom. The van der Waals surface area contributed by atoms with E-state index in [1.165, 1.54) is 4.88 Å². The van der Waals surface area contributed by atoms with Gasteiger partial charge in [-0.25, -0.2) is 4.98 Å². The van der Waals surface area contributed by atoms with E-state index in [9.17, 15) is 0 Å². The predicted molar refractivity (Wildman–Crippen MR) is 87.7 cm³/mol. The van der Waals surface area contributed by atoms with Crippen LogP contribution < -0.4 is 5.32 Å². The molecule has 22 heavy (non-hydrogen) atoms. The molecular weight excluding hydrogens is 298 g/mol. The zero-order chi connectivity index (χ0) is 14.8. The van der Waals surface area contributed by atoms with Crippen molar-refractivity contribution in [2.24, 2.45) is 0 Å². The fourth-order valence-corrected chi connectivity index (χ4v) is 3.52. The second-order valence-corrected chi connectivity index (χ2v) is 6.48. The summed E-state index contributed by atoms with van der Waals surface area (Å²) in [5.41, 5.74) is 0.850. The highest BCUT2D eigenvalue weighted by atomic mass is 32.1. The molecule has 1 fully saturated rings. The molecule has 0 bridgehead atoms. The second-order valence-electron chi connectivity index (χ2n) is 5.31. The molecule has 1 aliphatic heterocycles. The number of furan rings is 1. The Balaban J connectivity index is 1.44. The van der Waals surface area contributed by atoms with Crippen LogP contribution in [0.4, 0.5) is 10.8 Å². The smallest absolute Gasteiger partial charge is 0.139 e. The molecule has 3 aromatic rings. The summed E-state index contributed by atoms with van der Waals surface area (Å²) in [6.07, 6.45) is 3.51. The first kappa shape index (κ1) is 13.8. The molecule has 0 aliphatic carbocycles. The highest BCUT2D eigenvalue weighted by molar-refractivity contribution is 7.16. The Morgan fingerprint density at radius 1 is 1.23 bits per heavy atom. The number of pyridine rings is 1. The van der Waals surface area contributed by atoms with E-state index in [-0.39, 0.29) is 0 Å². The van der Waals surface area contributed by atoms with Crippen molar-refractivity contribution in [1.82, 2.24) is 9.88 Å². The number of hydrogen-bond acceptors (Lipinski definition) is 6. The minimum atomic E-state index is 0.808. The van der Waals surface area contributed by atoms with Gasteiger partial charge in [0.1, 0.15) is 11.4 Å². The van der Waals surface area contributed by atoms with Crippen molar-refractivity contribution in [2.75, 3.05) is 31.6 Å². The van der Waals surface area contributed by atoms with Crippen LogP contribution in [0.5, 0.6) is 0 Å². The fourth-order valence-electron chi connectivity index (χ4n) is 2.56. The topological polar surface area (TPSA) is 50.5 Å². The van der Waals surface area contributed by atoms with Crippen LogP contribution in [0.15, 0.2) is 41.1 Å². The van der Waals surface area contributed by atoms with Crippen LogP contribution in [0.3, 0.4) is 0 Å². The molecule has 114 valence electrons. The number of aromatic nitrogens is 1. The van der Waals surface area contributed by atoms with E-state index in [1.54, 1.807) is 17.6 Å². The monoisotopic (exact) mass is 315 g/mol. The maximum Gasteiger partial charge on any atom is 0.139 e. The summed E-state index contributed by atoms with van der Waals surface area (Å²) in [5.74, 6) is 0.808. The zero-order valence-corrected chi connectivity index (χ0v) is 12.9. The standard InChI is InChI=1S/C16H17N3O2S/c1-2-16(22-13(1)11-19-4-7-20-8-5-19)18-15-9-14-12(10-17-15)3-6-21-14/h1-3,6,9-10H,4-5,7-8,11H2,(H,17,18). The summed E-state index contributed by atoms with van der Waals surface area (Å²) in [7, 11) is 0. The Hall–Kier alpha value is -1.89. The Morgan fingerprint density at radius 2 is 2.14 bits per heavy atom. The summed E-state index contributed by atoms with van der Waals surface area (Å²) in [6.45, 7) is 4.68. The summed E-state index contributed by atoms with van der Waals surface area (Å²) in [6, 6.07) is 8.12. The number of nitrogens with zero attached hydrogens (tertiary/aromatic N) is 2. The molecule has 0 spiro atoms. The van der Waals surface area contributed by atoms with Gasteiger partial charge in [0.05, 0.1) is 24.5 Å². The lowest BCUT2D eigenvalue weighted by Crippen LogP contribution is -2.35. The Kier molecular flexibility index (Phi) is 3.80. The van der Waals surface area contributed by atoms with E-state index in [1.807, 2.05) is 18.3 Å². The maximum atomic E-state index is 5.41.